The van der Waals surface area contributed by atoms with E-state index in [0.717, 1.165) is 0 Å². The minimum Gasteiger partial charge on any atom is -0.339 e. The molecule has 0 saturated heterocycles. The van der Waals surface area contributed by atoms with E-state index >= 15 is 0 Å². The topological polar surface area (TPSA) is 3.24 Å². The van der Waals surface area contributed by atoms with Crippen molar-refractivity contribution in [3.05, 3.63) is 42.4 Å². The maximum atomic E-state index is 2.08. The van der Waals surface area contributed by atoms with Crippen molar-refractivity contribution in [3.63, 3.8) is 0 Å². The van der Waals surface area contributed by atoms with Crippen molar-refractivity contribution in [2.45, 2.75) is 0 Å². The normalized spacial score (nSPS) is 9.00. The van der Waals surface area contributed by atoms with Gasteiger partial charge in [-0.2, -0.15) is 17.7 Å². The first-order valence-electron chi connectivity index (χ1n) is 3.35. The standard InChI is InChI=1S/C9H12N.K/c1-10(2)8-9-6-4-3-5-7-9;/h3-8H,1-2H3;/q-1;+1. The van der Waals surface area contributed by atoms with Crippen LogP contribution in [0.15, 0.2) is 30.3 Å². The maximum absolute atomic E-state index is 2.08. The van der Waals surface area contributed by atoms with Crippen LogP contribution in [0, 0.1) is 6.54 Å². The van der Waals surface area contributed by atoms with Gasteiger partial charge in [-0.3, -0.25) is 0 Å². The Morgan fingerprint density at radius 1 is 1.09 bits per heavy atom. The molecule has 0 aliphatic rings. The molecule has 0 aliphatic heterocycles. The van der Waals surface area contributed by atoms with Crippen LogP contribution in [0.25, 0.3) is 0 Å². The van der Waals surface area contributed by atoms with Crippen LogP contribution in [-0.4, -0.2) is 19.0 Å². The number of benzene rings is 1. The molecule has 54 valence electrons. The molecular formula is C9H12KN. The average molecular weight is 173 g/mol. The van der Waals surface area contributed by atoms with E-state index in [1.807, 2.05) is 37.2 Å². The molecule has 0 amide bonds. The molecule has 0 N–H and O–H groups in total. The molecule has 1 aromatic carbocycles. The molecule has 0 spiro atoms. The van der Waals surface area contributed by atoms with E-state index in [4.69, 9.17) is 0 Å². The smallest absolute Gasteiger partial charge is 0.339 e. The summed E-state index contributed by atoms with van der Waals surface area (Å²) in [6.45, 7) is 2.08. The van der Waals surface area contributed by atoms with Gasteiger partial charge in [-0.1, -0.05) is 6.07 Å². The zero-order chi connectivity index (χ0) is 7.40. The minimum absolute atomic E-state index is 0. The van der Waals surface area contributed by atoms with Gasteiger partial charge in [0, 0.05) is 0 Å². The van der Waals surface area contributed by atoms with Crippen molar-refractivity contribution in [1.82, 2.24) is 4.90 Å². The van der Waals surface area contributed by atoms with Crippen molar-refractivity contribution < 1.29 is 51.4 Å². The van der Waals surface area contributed by atoms with Gasteiger partial charge < -0.3 is 4.90 Å². The van der Waals surface area contributed by atoms with Gasteiger partial charge in [0.15, 0.2) is 0 Å². The van der Waals surface area contributed by atoms with Gasteiger partial charge in [-0.25, -0.2) is 0 Å². The van der Waals surface area contributed by atoms with Gasteiger partial charge in [0.05, 0.1) is 0 Å². The zero-order valence-electron chi connectivity index (χ0n) is 7.41. The van der Waals surface area contributed by atoms with E-state index in [1.54, 1.807) is 0 Å². The summed E-state index contributed by atoms with van der Waals surface area (Å²) in [5, 5.41) is 0. The Balaban J connectivity index is 0.000001000. The van der Waals surface area contributed by atoms with Crippen LogP contribution in [-0.2, 0) is 0 Å². The summed E-state index contributed by atoms with van der Waals surface area (Å²) >= 11 is 0. The fourth-order valence-corrected chi connectivity index (χ4v) is 0.837. The fourth-order valence-electron chi connectivity index (χ4n) is 0.837. The van der Waals surface area contributed by atoms with Crippen molar-refractivity contribution in [1.29, 1.82) is 0 Å². The summed E-state index contributed by atoms with van der Waals surface area (Å²) in [5.74, 6) is 0. The quantitative estimate of drug-likeness (QED) is 0.399. The summed E-state index contributed by atoms with van der Waals surface area (Å²) in [7, 11) is 4.04. The first kappa shape index (κ1) is 11.7. The predicted octanol–water partition coefficient (Wildman–Crippen LogP) is -1.24. The number of rotatable bonds is 2. The SMILES string of the molecule is CN(C)[CH-]c1ccccc1.[K+]. The van der Waals surface area contributed by atoms with Gasteiger partial charge in [-0.05, 0) is 14.1 Å². The van der Waals surface area contributed by atoms with Crippen LogP contribution in [0.2, 0.25) is 0 Å². The molecule has 0 aromatic heterocycles. The number of hydrogen-bond donors (Lipinski definition) is 0. The first-order valence-corrected chi connectivity index (χ1v) is 3.35. The van der Waals surface area contributed by atoms with Gasteiger partial charge in [0.1, 0.15) is 0 Å². The van der Waals surface area contributed by atoms with Gasteiger partial charge >= 0.3 is 51.4 Å². The molecule has 1 aromatic rings. The van der Waals surface area contributed by atoms with Gasteiger partial charge in [-0.15, -0.1) is 18.7 Å². The number of nitrogens with zero attached hydrogens (tertiary/aromatic N) is 1. The Bertz CT molecular complexity index is 184. The van der Waals surface area contributed by atoms with Crippen LogP contribution >= 0.6 is 0 Å². The van der Waals surface area contributed by atoms with Crippen molar-refractivity contribution in [2.24, 2.45) is 0 Å². The molecule has 0 bridgehead atoms. The Morgan fingerprint density at radius 2 is 1.64 bits per heavy atom. The van der Waals surface area contributed by atoms with Crippen LogP contribution < -0.4 is 51.4 Å². The number of hydrogen-bond acceptors (Lipinski definition) is 1. The Morgan fingerprint density at radius 3 is 2.09 bits per heavy atom. The molecule has 1 rings (SSSR count). The third kappa shape index (κ3) is 5.01. The van der Waals surface area contributed by atoms with E-state index in [-0.39, 0.29) is 51.4 Å². The minimum atomic E-state index is 0. The predicted molar refractivity (Wildman–Crippen MR) is 43.5 cm³/mol. The van der Waals surface area contributed by atoms with Gasteiger partial charge in [0.25, 0.3) is 0 Å². The summed E-state index contributed by atoms with van der Waals surface area (Å²) in [5.41, 5.74) is 1.24. The Kier molecular flexibility index (Phi) is 6.62. The van der Waals surface area contributed by atoms with Crippen LogP contribution in [0.1, 0.15) is 5.56 Å². The van der Waals surface area contributed by atoms with E-state index in [0.29, 0.717) is 0 Å². The third-order valence-electron chi connectivity index (χ3n) is 1.21. The van der Waals surface area contributed by atoms with Crippen molar-refractivity contribution in [3.8, 4) is 0 Å². The van der Waals surface area contributed by atoms with Gasteiger partial charge in [0.2, 0.25) is 0 Å². The van der Waals surface area contributed by atoms with Crippen LogP contribution in [0.3, 0.4) is 0 Å². The third-order valence-corrected chi connectivity index (χ3v) is 1.21. The molecule has 0 radical (unpaired) electrons. The van der Waals surface area contributed by atoms with Crippen LogP contribution in [0.4, 0.5) is 0 Å². The molecular weight excluding hydrogens is 161 g/mol. The molecule has 0 aliphatic carbocycles. The van der Waals surface area contributed by atoms with E-state index in [2.05, 4.69) is 18.7 Å². The van der Waals surface area contributed by atoms with Crippen molar-refractivity contribution in [2.75, 3.05) is 14.1 Å². The monoisotopic (exact) mass is 173 g/mol. The molecule has 0 atom stereocenters. The van der Waals surface area contributed by atoms with E-state index in [9.17, 15) is 0 Å². The zero-order valence-corrected chi connectivity index (χ0v) is 10.5. The summed E-state index contributed by atoms with van der Waals surface area (Å²) in [4.78, 5) is 2.04. The molecule has 2 heteroatoms. The first-order chi connectivity index (χ1) is 4.79. The molecule has 11 heavy (non-hydrogen) atoms. The molecule has 0 unspecified atom stereocenters. The second-order valence-corrected chi connectivity index (χ2v) is 2.50. The summed E-state index contributed by atoms with van der Waals surface area (Å²) in [6, 6.07) is 10.3. The molecule has 0 saturated carbocycles. The molecule has 0 heterocycles. The second-order valence-electron chi connectivity index (χ2n) is 2.50. The van der Waals surface area contributed by atoms with E-state index in [1.165, 1.54) is 5.56 Å². The van der Waals surface area contributed by atoms with Crippen LogP contribution in [0.5, 0.6) is 0 Å². The summed E-state index contributed by atoms with van der Waals surface area (Å²) < 4.78 is 0. The fraction of sp³-hybridized carbons (Fsp3) is 0.222. The molecule has 1 nitrogen and oxygen atoms in total. The second kappa shape index (κ2) is 6.23. The Labute approximate surface area is 111 Å². The van der Waals surface area contributed by atoms with Crippen molar-refractivity contribution >= 4 is 0 Å². The maximum Gasteiger partial charge on any atom is 1.00 e. The summed E-state index contributed by atoms with van der Waals surface area (Å²) in [6.07, 6.45) is 0. The van der Waals surface area contributed by atoms with E-state index < -0.39 is 0 Å². The largest absolute Gasteiger partial charge is 1.00 e. The average Bonchev–Trinajstić information content (AvgIpc) is 1.88. The molecule has 0 fully saturated rings. The Hall–Kier alpha value is 0.686.